The number of nitrogens with zero attached hydrogens (tertiary/aromatic N) is 1. The predicted molar refractivity (Wildman–Crippen MR) is 103 cm³/mol. The van der Waals surface area contributed by atoms with Crippen LogP contribution in [0.1, 0.15) is 31.2 Å². The van der Waals surface area contributed by atoms with E-state index in [1.807, 2.05) is 12.1 Å². The van der Waals surface area contributed by atoms with Gasteiger partial charge in [-0.3, -0.25) is 9.69 Å². The summed E-state index contributed by atoms with van der Waals surface area (Å²) in [6.45, 7) is 1.81. The summed E-state index contributed by atoms with van der Waals surface area (Å²) in [6, 6.07) is 17.2. The van der Waals surface area contributed by atoms with E-state index in [-0.39, 0.29) is 11.9 Å². The fraction of sp³-hybridized carbons (Fsp3) is 0.409. The zero-order valence-electron chi connectivity index (χ0n) is 15.3. The fourth-order valence-corrected chi connectivity index (χ4v) is 3.72. The largest absolute Gasteiger partial charge is 0.497 e. The van der Waals surface area contributed by atoms with Gasteiger partial charge in [0.05, 0.1) is 13.2 Å². The van der Waals surface area contributed by atoms with Gasteiger partial charge in [-0.05, 0) is 67.1 Å². The summed E-state index contributed by atoms with van der Waals surface area (Å²) in [4.78, 5) is 14.8. The first-order chi connectivity index (χ1) is 12.7. The third kappa shape index (κ3) is 3.91. The number of rotatable bonds is 6. The van der Waals surface area contributed by atoms with E-state index < -0.39 is 0 Å². The van der Waals surface area contributed by atoms with Crippen molar-refractivity contribution in [2.75, 3.05) is 13.7 Å². The van der Waals surface area contributed by atoms with Crippen molar-refractivity contribution >= 4 is 5.91 Å². The Morgan fingerprint density at radius 2 is 1.88 bits per heavy atom. The Bertz CT molecular complexity index is 785. The molecule has 26 heavy (non-hydrogen) atoms. The summed E-state index contributed by atoms with van der Waals surface area (Å²) in [5, 5.41) is 3.17. The highest BCUT2D eigenvalue weighted by Gasteiger charge is 2.33. The molecule has 2 aromatic rings. The Labute approximate surface area is 155 Å². The highest BCUT2D eigenvalue weighted by Crippen LogP contribution is 2.27. The lowest BCUT2D eigenvalue weighted by molar-refractivity contribution is -0.125. The highest BCUT2D eigenvalue weighted by molar-refractivity contribution is 5.82. The molecule has 1 heterocycles. The molecule has 0 spiro atoms. The molecule has 1 amide bonds. The number of hydrogen-bond donors (Lipinski definition) is 1. The fourth-order valence-electron chi connectivity index (χ4n) is 3.72. The molecule has 0 bridgehead atoms. The molecule has 1 N–H and O–H groups in total. The molecule has 1 atom stereocenters. The smallest absolute Gasteiger partial charge is 0.237 e. The Balaban J connectivity index is 1.48. The third-order valence-electron chi connectivity index (χ3n) is 5.31. The van der Waals surface area contributed by atoms with Crippen LogP contribution in [0.25, 0.3) is 11.1 Å². The lowest BCUT2D eigenvalue weighted by Crippen LogP contribution is -2.43. The van der Waals surface area contributed by atoms with Crippen molar-refractivity contribution < 1.29 is 9.53 Å². The summed E-state index contributed by atoms with van der Waals surface area (Å²) in [5.41, 5.74) is 3.58. The third-order valence-corrected chi connectivity index (χ3v) is 5.31. The average molecular weight is 350 g/mol. The molecule has 2 aromatic carbocycles. The van der Waals surface area contributed by atoms with Crippen LogP contribution in [-0.2, 0) is 11.3 Å². The number of hydrogen-bond acceptors (Lipinski definition) is 3. The van der Waals surface area contributed by atoms with Crippen LogP contribution >= 0.6 is 0 Å². The minimum absolute atomic E-state index is 0.0241. The van der Waals surface area contributed by atoms with Crippen molar-refractivity contribution in [1.29, 1.82) is 0 Å². The number of carbonyl (C=O) groups is 1. The number of ether oxygens (including phenoxy) is 1. The molecule has 1 saturated carbocycles. The molecule has 1 aliphatic heterocycles. The van der Waals surface area contributed by atoms with E-state index in [1.54, 1.807) is 7.11 Å². The van der Waals surface area contributed by atoms with Gasteiger partial charge in [0, 0.05) is 12.6 Å². The van der Waals surface area contributed by atoms with Crippen molar-refractivity contribution in [2.24, 2.45) is 0 Å². The van der Waals surface area contributed by atoms with Gasteiger partial charge in [0.15, 0.2) is 0 Å². The van der Waals surface area contributed by atoms with Gasteiger partial charge in [0.2, 0.25) is 5.91 Å². The predicted octanol–water partition coefficient (Wildman–Crippen LogP) is 3.61. The van der Waals surface area contributed by atoms with Gasteiger partial charge in [-0.15, -0.1) is 0 Å². The van der Waals surface area contributed by atoms with Gasteiger partial charge in [-0.25, -0.2) is 0 Å². The van der Waals surface area contributed by atoms with Crippen LogP contribution in [0.3, 0.4) is 0 Å². The zero-order chi connectivity index (χ0) is 17.9. The Hall–Kier alpha value is -2.33. The minimum atomic E-state index is 0.0241. The molecule has 4 heteroatoms. The van der Waals surface area contributed by atoms with Crippen LogP contribution in [0, 0.1) is 0 Å². The van der Waals surface area contributed by atoms with E-state index in [4.69, 9.17) is 4.74 Å². The second-order valence-corrected chi connectivity index (χ2v) is 7.34. The number of methoxy groups -OCH3 is 1. The molecule has 1 saturated heterocycles. The molecular formula is C22H26N2O2. The van der Waals surface area contributed by atoms with E-state index in [0.29, 0.717) is 6.04 Å². The highest BCUT2D eigenvalue weighted by atomic mass is 16.5. The zero-order valence-corrected chi connectivity index (χ0v) is 15.3. The van der Waals surface area contributed by atoms with Crippen molar-refractivity contribution in [3.8, 4) is 16.9 Å². The van der Waals surface area contributed by atoms with E-state index in [0.717, 1.165) is 50.1 Å². The average Bonchev–Trinajstić information content (AvgIpc) is 3.37. The summed E-state index contributed by atoms with van der Waals surface area (Å²) < 4.78 is 5.34. The first kappa shape index (κ1) is 17.1. The maximum atomic E-state index is 12.5. The molecule has 1 aliphatic carbocycles. The van der Waals surface area contributed by atoms with E-state index in [1.165, 1.54) is 11.1 Å². The van der Waals surface area contributed by atoms with Crippen LogP contribution in [0.2, 0.25) is 0 Å². The molecule has 4 rings (SSSR count). The number of nitrogens with one attached hydrogen (secondary N) is 1. The lowest BCUT2D eigenvalue weighted by atomic mass is 10.0. The van der Waals surface area contributed by atoms with Crippen LogP contribution < -0.4 is 10.1 Å². The lowest BCUT2D eigenvalue weighted by Gasteiger charge is -2.24. The Kier molecular flexibility index (Phi) is 4.93. The normalized spacial score (nSPS) is 20.1. The van der Waals surface area contributed by atoms with Crippen molar-refractivity contribution in [3.63, 3.8) is 0 Å². The number of amides is 1. The summed E-state index contributed by atoms with van der Waals surface area (Å²) in [5.74, 6) is 1.08. The first-order valence-electron chi connectivity index (χ1n) is 9.51. The van der Waals surface area contributed by atoms with Crippen LogP contribution in [0.15, 0.2) is 48.5 Å². The van der Waals surface area contributed by atoms with Gasteiger partial charge >= 0.3 is 0 Å². The molecule has 4 nitrogen and oxygen atoms in total. The van der Waals surface area contributed by atoms with E-state index in [9.17, 15) is 4.79 Å². The standard InChI is InChI=1S/C22H26N2O2/c1-26-20-8-3-7-18(14-20)17-6-2-5-16(13-17)15-24-12-4-9-21(24)22(25)23-19-10-11-19/h2-3,5-8,13-14,19,21H,4,9-12,15H2,1H3,(H,23,25). The van der Waals surface area contributed by atoms with Gasteiger partial charge in [0.1, 0.15) is 5.75 Å². The second-order valence-electron chi connectivity index (χ2n) is 7.34. The topological polar surface area (TPSA) is 41.6 Å². The van der Waals surface area contributed by atoms with E-state index in [2.05, 4.69) is 46.6 Å². The molecule has 1 unspecified atom stereocenters. The van der Waals surface area contributed by atoms with Crippen LogP contribution in [0.4, 0.5) is 0 Å². The first-order valence-corrected chi connectivity index (χ1v) is 9.51. The van der Waals surface area contributed by atoms with Gasteiger partial charge in [-0.1, -0.05) is 30.3 Å². The minimum Gasteiger partial charge on any atom is -0.497 e. The van der Waals surface area contributed by atoms with E-state index >= 15 is 0 Å². The summed E-state index contributed by atoms with van der Waals surface area (Å²) in [7, 11) is 1.69. The molecule has 0 radical (unpaired) electrons. The summed E-state index contributed by atoms with van der Waals surface area (Å²) >= 11 is 0. The molecule has 136 valence electrons. The molecule has 2 fully saturated rings. The number of benzene rings is 2. The number of likely N-dealkylation sites (tertiary alicyclic amines) is 1. The monoisotopic (exact) mass is 350 g/mol. The van der Waals surface area contributed by atoms with Gasteiger partial charge in [-0.2, -0.15) is 0 Å². The molecule has 2 aliphatic rings. The second kappa shape index (κ2) is 7.50. The Morgan fingerprint density at radius 1 is 1.12 bits per heavy atom. The number of carbonyl (C=O) groups excluding carboxylic acids is 1. The van der Waals surface area contributed by atoms with Crippen LogP contribution in [0.5, 0.6) is 5.75 Å². The van der Waals surface area contributed by atoms with Crippen LogP contribution in [-0.4, -0.2) is 36.5 Å². The Morgan fingerprint density at radius 3 is 2.65 bits per heavy atom. The maximum Gasteiger partial charge on any atom is 0.237 e. The van der Waals surface area contributed by atoms with Crippen molar-refractivity contribution in [2.45, 2.75) is 44.3 Å². The van der Waals surface area contributed by atoms with Crippen molar-refractivity contribution in [1.82, 2.24) is 10.2 Å². The maximum absolute atomic E-state index is 12.5. The van der Waals surface area contributed by atoms with Gasteiger partial charge < -0.3 is 10.1 Å². The summed E-state index contributed by atoms with van der Waals surface area (Å²) in [6.07, 6.45) is 4.34. The SMILES string of the molecule is COc1cccc(-c2cccc(CN3CCCC3C(=O)NC3CC3)c2)c1. The molecule has 0 aromatic heterocycles. The van der Waals surface area contributed by atoms with Gasteiger partial charge in [0.25, 0.3) is 0 Å². The van der Waals surface area contributed by atoms with Crippen molar-refractivity contribution in [3.05, 3.63) is 54.1 Å². The quantitative estimate of drug-likeness (QED) is 0.865. The molecular weight excluding hydrogens is 324 g/mol.